The first kappa shape index (κ1) is 26.7. The molecule has 45 heavy (non-hydrogen) atoms. The molecule has 2 aromatic heterocycles. The van der Waals surface area contributed by atoms with Gasteiger partial charge in [-0.1, -0.05) is 117 Å². The second-order valence-electron chi connectivity index (χ2n) is 11.4. The van der Waals surface area contributed by atoms with Gasteiger partial charge in [-0.15, -0.1) is 0 Å². The molecule has 0 radical (unpaired) electrons. The Morgan fingerprint density at radius 3 is 1.71 bits per heavy atom. The van der Waals surface area contributed by atoms with Gasteiger partial charge in [0.15, 0.2) is 0 Å². The summed E-state index contributed by atoms with van der Waals surface area (Å²) in [6.45, 7) is 0. The minimum absolute atomic E-state index is 0. The highest BCUT2D eigenvalue weighted by Crippen LogP contribution is 2.42. The van der Waals surface area contributed by atoms with Crippen LogP contribution >= 0.6 is 0 Å². The molecule has 0 N–H and O–H groups in total. The average Bonchev–Trinajstić information content (AvgIpc) is 3.64. The zero-order chi connectivity index (χ0) is 29.0. The first-order valence-electron chi connectivity index (χ1n) is 15.0. The summed E-state index contributed by atoms with van der Waals surface area (Å²) >= 11 is 0. The van der Waals surface area contributed by atoms with Crippen molar-refractivity contribution in [3.63, 3.8) is 0 Å². The van der Waals surface area contributed by atoms with Crippen LogP contribution in [0.4, 0.5) is 0 Å². The van der Waals surface area contributed by atoms with E-state index in [1.54, 1.807) is 0 Å². The van der Waals surface area contributed by atoms with E-state index in [0.29, 0.717) is 0 Å². The molecular formula is C43H31NO. The summed E-state index contributed by atoms with van der Waals surface area (Å²) in [4.78, 5) is 0. The van der Waals surface area contributed by atoms with Crippen LogP contribution in [-0.4, -0.2) is 4.57 Å². The van der Waals surface area contributed by atoms with Gasteiger partial charge in [-0.3, -0.25) is 0 Å². The van der Waals surface area contributed by atoms with Gasteiger partial charge >= 0.3 is 0 Å². The zero-order valence-electron chi connectivity index (χ0n) is 23.9. The van der Waals surface area contributed by atoms with Crippen LogP contribution in [0.25, 0.3) is 82.8 Å². The van der Waals surface area contributed by atoms with Crippen LogP contribution in [0.5, 0.6) is 0 Å². The van der Waals surface area contributed by atoms with E-state index in [1.807, 2.05) is 12.1 Å². The summed E-state index contributed by atoms with van der Waals surface area (Å²) in [5.74, 6) is 0. The minimum Gasteiger partial charge on any atom is -0.456 e. The van der Waals surface area contributed by atoms with Crippen molar-refractivity contribution in [2.45, 2.75) is 7.43 Å². The summed E-state index contributed by atoms with van der Waals surface area (Å²) in [5.41, 5.74) is 12.6. The number of hydrogen-bond acceptors (Lipinski definition) is 1. The van der Waals surface area contributed by atoms with Gasteiger partial charge < -0.3 is 8.98 Å². The summed E-state index contributed by atoms with van der Waals surface area (Å²) < 4.78 is 8.56. The third-order valence-electron chi connectivity index (χ3n) is 8.78. The normalized spacial score (nSPS) is 11.4. The second kappa shape index (κ2) is 10.7. The predicted octanol–water partition coefficient (Wildman–Crippen LogP) is 12.3. The smallest absolute Gasteiger partial charge is 0.135 e. The van der Waals surface area contributed by atoms with E-state index in [1.165, 1.54) is 55.2 Å². The van der Waals surface area contributed by atoms with Crippen molar-refractivity contribution >= 4 is 43.7 Å². The Morgan fingerprint density at radius 1 is 0.378 bits per heavy atom. The van der Waals surface area contributed by atoms with Gasteiger partial charge in [0.05, 0.1) is 11.0 Å². The molecule has 0 spiro atoms. The lowest BCUT2D eigenvalue weighted by Crippen LogP contribution is -1.95. The Balaban J connectivity index is 0.00000300. The maximum absolute atomic E-state index is 6.13. The van der Waals surface area contributed by atoms with E-state index in [9.17, 15) is 0 Å². The van der Waals surface area contributed by atoms with Crippen molar-refractivity contribution in [2.24, 2.45) is 0 Å². The third kappa shape index (κ3) is 4.34. The average molecular weight is 578 g/mol. The molecule has 0 saturated heterocycles. The van der Waals surface area contributed by atoms with E-state index in [4.69, 9.17) is 4.42 Å². The highest BCUT2D eigenvalue weighted by Gasteiger charge is 2.19. The van der Waals surface area contributed by atoms with Gasteiger partial charge in [0, 0.05) is 32.8 Å². The molecule has 2 heteroatoms. The van der Waals surface area contributed by atoms with Crippen LogP contribution in [0.2, 0.25) is 0 Å². The minimum atomic E-state index is 0. The van der Waals surface area contributed by atoms with Crippen LogP contribution in [0.1, 0.15) is 7.43 Å². The number of hydrogen-bond donors (Lipinski definition) is 0. The van der Waals surface area contributed by atoms with Crippen LogP contribution in [-0.2, 0) is 0 Å². The number of benzene rings is 7. The second-order valence-corrected chi connectivity index (χ2v) is 11.4. The monoisotopic (exact) mass is 577 g/mol. The maximum Gasteiger partial charge on any atom is 0.135 e. The Morgan fingerprint density at radius 2 is 0.956 bits per heavy atom. The number of nitrogens with zero attached hydrogens (tertiary/aromatic N) is 1. The van der Waals surface area contributed by atoms with Crippen LogP contribution in [0.3, 0.4) is 0 Å². The molecule has 0 unspecified atom stereocenters. The maximum atomic E-state index is 6.13. The number of aromatic nitrogens is 1. The fourth-order valence-corrected chi connectivity index (χ4v) is 6.71. The molecule has 0 aliphatic carbocycles. The van der Waals surface area contributed by atoms with Crippen LogP contribution < -0.4 is 0 Å². The highest BCUT2D eigenvalue weighted by molar-refractivity contribution is 6.16. The van der Waals surface area contributed by atoms with Gasteiger partial charge in [0.2, 0.25) is 0 Å². The van der Waals surface area contributed by atoms with E-state index >= 15 is 0 Å². The Labute approximate surface area is 262 Å². The fourth-order valence-electron chi connectivity index (χ4n) is 6.71. The van der Waals surface area contributed by atoms with Crippen LogP contribution in [0, 0.1) is 0 Å². The lowest BCUT2D eigenvalue weighted by molar-refractivity contribution is 0.669. The van der Waals surface area contributed by atoms with Crippen LogP contribution in [0.15, 0.2) is 168 Å². The van der Waals surface area contributed by atoms with Crippen molar-refractivity contribution in [3.05, 3.63) is 164 Å². The molecule has 0 saturated carbocycles. The van der Waals surface area contributed by atoms with Crippen molar-refractivity contribution < 1.29 is 4.42 Å². The molecule has 0 atom stereocenters. The third-order valence-corrected chi connectivity index (χ3v) is 8.78. The van der Waals surface area contributed by atoms with Crippen molar-refractivity contribution in [1.82, 2.24) is 4.57 Å². The summed E-state index contributed by atoms with van der Waals surface area (Å²) in [6, 6.07) is 58.6. The molecule has 2 heterocycles. The molecule has 0 bridgehead atoms. The predicted molar refractivity (Wildman–Crippen MR) is 191 cm³/mol. The summed E-state index contributed by atoms with van der Waals surface area (Å²) in [7, 11) is 0. The lowest BCUT2D eigenvalue weighted by atomic mass is 9.95. The SMILES string of the molecule is C.c1ccc(-c2cc(-c3ccccc3)c3c(c2)c2cc(-c4ccc5oc6ccccc6c5c4)ccc2n3-c2ccccc2)cc1. The van der Waals surface area contributed by atoms with E-state index < -0.39 is 0 Å². The number of fused-ring (bicyclic) bond motifs is 6. The molecule has 0 amide bonds. The molecule has 0 aliphatic rings. The van der Waals surface area contributed by atoms with Crippen molar-refractivity contribution in [3.8, 4) is 39.1 Å². The molecule has 214 valence electrons. The molecular weight excluding hydrogens is 546 g/mol. The summed E-state index contributed by atoms with van der Waals surface area (Å²) in [5, 5.41) is 4.75. The van der Waals surface area contributed by atoms with E-state index in [2.05, 4.69) is 156 Å². The largest absolute Gasteiger partial charge is 0.456 e. The fraction of sp³-hybridized carbons (Fsp3) is 0.0233. The quantitative estimate of drug-likeness (QED) is 0.203. The van der Waals surface area contributed by atoms with Gasteiger partial charge in [0.1, 0.15) is 11.2 Å². The Bertz CT molecular complexity index is 2470. The van der Waals surface area contributed by atoms with Gasteiger partial charge in [-0.25, -0.2) is 0 Å². The van der Waals surface area contributed by atoms with E-state index in [-0.39, 0.29) is 7.43 Å². The van der Waals surface area contributed by atoms with Crippen molar-refractivity contribution in [2.75, 3.05) is 0 Å². The first-order chi connectivity index (χ1) is 21.8. The highest BCUT2D eigenvalue weighted by atomic mass is 16.3. The zero-order valence-corrected chi connectivity index (χ0v) is 23.9. The number of para-hydroxylation sites is 2. The molecule has 7 aromatic carbocycles. The molecule has 9 aromatic rings. The standard InChI is InChI=1S/C42H27NO.CH4/c1-4-12-28(13-5-1)32-26-35(29-14-6-2-7-15-29)42-38(27-32)36-24-30(20-22-39(36)43(42)33-16-8-3-9-17-33)31-21-23-41-37(25-31)34-18-10-11-19-40(34)44-41;/h1-27H;1H4. The Kier molecular flexibility index (Phi) is 6.36. The number of furan rings is 1. The number of rotatable bonds is 4. The topological polar surface area (TPSA) is 18.1 Å². The first-order valence-corrected chi connectivity index (χ1v) is 15.0. The molecule has 0 fully saturated rings. The molecule has 0 aliphatic heterocycles. The molecule has 2 nitrogen and oxygen atoms in total. The van der Waals surface area contributed by atoms with Gasteiger partial charge in [-0.05, 0) is 82.4 Å². The molecule has 9 rings (SSSR count). The Hall–Kier alpha value is -5.86. The van der Waals surface area contributed by atoms with Gasteiger partial charge in [0.25, 0.3) is 0 Å². The van der Waals surface area contributed by atoms with Gasteiger partial charge in [-0.2, -0.15) is 0 Å². The summed E-state index contributed by atoms with van der Waals surface area (Å²) in [6.07, 6.45) is 0. The van der Waals surface area contributed by atoms with E-state index in [0.717, 1.165) is 27.6 Å². The van der Waals surface area contributed by atoms with Crippen molar-refractivity contribution in [1.29, 1.82) is 0 Å². The lowest BCUT2D eigenvalue weighted by Gasteiger charge is -2.13.